The fourth-order valence-electron chi connectivity index (χ4n) is 2.87. The van der Waals surface area contributed by atoms with E-state index in [1.165, 1.54) is 27.4 Å². The number of benzene rings is 1. The molecule has 1 aromatic heterocycles. The van der Waals surface area contributed by atoms with E-state index >= 15 is 0 Å². The molecule has 1 unspecified atom stereocenters. The Morgan fingerprint density at radius 2 is 1.96 bits per heavy atom. The maximum atomic E-state index is 12.0. The number of nitrogens with zero attached hydrogens (tertiary/aromatic N) is 1. The van der Waals surface area contributed by atoms with Gasteiger partial charge in [-0.3, -0.25) is 20.4 Å². The third kappa shape index (κ3) is 4.39. The number of quaternary nitrogens is 1. The molecule has 0 radical (unpaired) electrons. The number of fused-ring (bicyclic) bond motifs is 1. The van der Waals surface area contributed by atoms with Crippen molar-refractivity contribution >= 4 is 23.2 Å². The highest BCUT2D eigenvalue weighted by Crippen LogP contribution is 2.10. The lowest BCUT2D eigenvalue weighted by molar-refractivity contribution is -0.908. The quantitative estimate of drug-likeness (QED) is 0.671. The molecule has 0 spiro atoms. The van der Waals surface area contributed by atoms with Crippen LogP contribution in [0.5, 0.6) is 0 Å². The van der Waals surface area contributed by atoms with E-state index in [4.69, 9.17) is 0 Å². The first kappa shape index (κ1) is 16.6. The monoisotopic (exact) mass is 345 g/mol. The van der Waals surface area contributed by atoms with Gasteiger partial charge in [0, 0.05) is 23.1 Å². The van der Waals surface area contributed by atoms with Crippen molar-refractivity contribution in [2.45, 2.75) is 26.3 Å². The highest BCUT2D eigenvalue weighted by atomic mass is 32.1. The van der Waals surface area contributed by atoms with E-state index in [-0.39, 0.29) is 18.2 Å². The van der Waals surface area contributed by atoms with Gasteiger partial charge in [-0.15, -0.1) is 11.3 Å². The Labute approximate surface area is 144 Å². The van der Waals surface area contributed by atoms with Gasteiger partial charge in [-0.2, -0.15) is 0 Å². The van der Waals surface area contributed by atoms with E-state index < -0.39 is 0 Å². The molecule has 3 rings (SSSR count). The third-order valence-electron chi connectivity index (χ3n) is 4.04. The van der Waals surface area contributed by atoms with Gasteiger partial charge in [-0.1, -0.05) is 24.3 Å². The SMILES string of the molecule is Cc1csc(CC(=O)NNC(=O)C[NH+]2CCc3ccccc3C2)n1. The first-order chi connectivity index (χ1) is 11.6. The molecule has 0 saturated carbocycles. The number of amides is 2. The molecule has 1 aliphatic heterocycles. The van der Waals surface area contributed by atoms with Crippen LogP contribution >= 0.6 is 11.3 Å². The van der Waals surface area contributed by atoms with Crippen molar-refractivity contribution in [2.24, 2.45) is 0 Å². The summed E-state index contributed by atoms with van der Waals surface area (Å²) in [6.07, 6.45) is 1.16. The number of thiazole rings is 1. The predicted octanol–water partition coefficient (Wildman–Crippen LogP) is -0.217. The molecule has 0 fully saturated rings. The number of hydrogen-bond acceptors (Lipinski definition) is 4. The van der Waals surface area contributed by atoms with Crippen LogP contribution in [0.25, 0.3) is 0 Å². The summed E-state index contributed by atoms with van der Waals surface area (Å²) in [5.74, 6) is -0.426. The summed E-state index contributed by atoms with van der Waals surface area (Å²) in [7, 11) is 0. The standard InChI is InChI=1S/C17H20N4O2S/c1-12-11-24-17(18-12)8-15(22)19-20-16(23)10-21-7-6-13-4-2-3-5-14(13)9-21/h2-5,11H,6-10H2,1H3,(H,19,22)(H,20,23)/p+1. The molecule has 0 saturated heterocycles. The number of hydrogen-bond donors (Lipinski definition) is 3. The highest BCUT2D eigenvalue weighted by Gasteiger charge is 2.21. The minimum Gasteiger partial charge on any atom is -0.323 e. The van der Waals surface area contributed by atoms with Crippen molar-refractivity contribution in [1.82, 2.24) is 15.8 Å². The zero-order chi connectivity index (χ0) is 16.9. The Kier molecular flexibility index (Phi) is 5.22. The average Bonchev–Trinajstić information content (AvgIpc) is 2.98. The van der Waals surface area contributed by atoms with Crippen LogP contribution in [0, 0.1) is 6.92 Å². The minimum atomic E-state index is -0.253. The normalized spacial score (nSPS) is 16.3. The van der Waals surface area contributed by atoms with Gasteiger partial charge < -0.3 is 4.90 Å². The zero-order valence-electron chi connectivity index (χ0n) is 13.6. The maximum absolute atomic E-state index is 12.0. The number of aromatic nitrogens is 1. The first-order valence-corrected chi connectivity index (χ1v) is 8.87. The van der Waals surface area contributed by atoms with Gasteiger partial charge >= 0.3 is 0 Å². The molecule has 1 atom stereocenters. The lowest BCUT2D eigenvalue weighted by atomic mass is 10.00. The second-order valence-electron chi connectivity index (χ2n) is 6.03. The van der Waals surface area contributed by atoms with Gasteiger partial charge in [0.15, 0.2) is 6.54 Å². The Bertz CT molecular complexity index is 744. The summed E-state index contributed by atoms with van der Waals surface area (Å²) in [6, 6.07) is 8.34. The summed E-state index contributed by atoms with van der Waals surface area (Å²) >= 11 is 1.45. The van der Waals surface area contributed by atoms with Crippen LogP contribution in [0.2, 0.25) is 0 Å². The van der Waals surface area contributed by atoms with Gasteiger partial charge in [0.25, 0.3) is 5.91 Å². The fraction of sp³-hybridized carbons (Fsp3) is 0.353. The van der Waals surface area contributed by atoms with Crippen LogP contribution in [0.15, 0.2) is 29.6 Å². The summed E-state index contributed by atoms with van der Waals surface area (Å²) in [4.78, 5) is 29.3. The molecule has 7 heteroatoms. The second-order valence-corrected chi connectivity index (χ2v) is 6.97. The molecule has 0 aliphatic carbocycles. The van der Waals surface area contributed by atoms with Crippen LogP contribution in [-0.4, -0.2) is 29.9 Å². The minimum absolute atomic E-state index is 0.173. The first-order valence-electron chi connectivity index (χ1n) is 7.99. The molecule has 2 aromatic rings. The van der Waals surface area contributed by atoms with E-state index in [1.807, 2.05) is 18.4 Å². The number of aryl methyl sites for hydroxylation is 1. The average molecular weight is 345 g/mol. The number of hydrazine groups is 1. The molecule has 24 heavy (non-hydrogen) atoms. The number of rotatable bonds is 4. The lowest BCUT2D eigenvalue weighted by Crippen LogP contribution is -3.13. The molecule has 2 amide bonds. The summed E-state index contributed by atoms with van der Waals surface area (Å²) in [5, 5.41) is 2.65. The highest BCUT2D eigenvalue weighted by molar-refractivity contribution is 7.09. The predicted molar refractivity (Wildman–Crippen MR) is 91.4 cm³/mol. The molecule has 3 N–H and O–H groups in total. The lowest BCUT2D eigenvalue weighted by Gasteiger charge is -2.25. The van der Waals surface area contributed by atoms with Crippen molar-refractivity contribution in [3.63, 3.8) is 0 Å². The van der Waals surface area contributed by atoms with Crippen LogP contribution in [0.4, 0.5) is 0 Å². The number of carbonyl (C=O) groups is 2. The van der Waals surface area contributed by atoms with Crippen molar-refractivity contribution in [3.8, 4) is 0 Å². The smallest absolute Gasteiger partial charge is 0.293 e. The van der Waals surface area contributed by atoms with Crippen LogP contribution in [-0.2, 0) is 29.0 Å². The molecular formula is C17H21N4O2S+. The molecule has 126 valence electrons. The summed E-state index contributed by atoms with van der Waals surface area (Å²) < 4.78 is 0. The van der Waals surface area contributed by atoms with Gasteiger partial charge in [0.2, 0.25) is 5.91 Å². The molecule has 2 heterocycles. The van der Waals surface area contributed by atoms with Crippen molar-refractivity contribution in [1.29, 1.82) is 0 Å². The van der Waals surface area contributed by atoms with Gasteiger partial charge in [-0.25, -0.2) is 4.98 Å². The number of nitrogens with one attached hydrogen (secondary N) is 3. The van der Waals surface area contributed by atoms with Crippen molar-refractivity contribution < 1.29 is 14.5 Å². The number of carbonyl (C=O) groups excluding carboxylic acids is 2. The van der Waals surface area contributed by atoms with Gasteiger partial charge in [0.05, 0.1) is 13.0 Å². The van der Waals surface area contributed by atoms with E-state index in [2.05, 4.69) is 34.0 Å². The molecule has 6 nitrogen and oxygen atoms in total. The molecule has 1 aliphatic rings. The second kappa shape index (κ2) is 7.55. The Balaban J connectivity index is 1.42. The topological polar surface area (TPSA) is 75.5 Å². The van der Waals surface area contributed by atoms with Gasteiger partial charge in [-0.05, 0) is 12.5 Å². The zero-order valence-corrected chi connectivity index (χ0v) is 14.4. The van der Waals surface area contributed by atoms with Crippen LogP contribution in [0.3, 0.4) is 0 Å². The van der Waals surface area contributed by atoms with E-state index in [1.54, 1.807) is 0 Å². The summed E-state index contributed by atoms with van der Waals surface area (Å²) in [5.41, 5.74) is 8.54. The van der Waals surface area contributed by atoms with Crippen molar-refractivity contribution in [2.75, 3.05) is 13.1 Å². The maximum Gasteiger partial charge on any atom is 0.293 e. The van der Waals surface area contributed by atoms with E-state index in [9.17, 15) is 9.59 Å². The summed E-state index contributed by atoms with van der Waals surface area (Å²) in [6.45, 7) is 4.01. The fourth-order valence-corrected chi connectivity index (χ4v) is 3.64. The third-order valence-corrected chi connectivity index (χ3v) is 5.00. The van der Waals surface area contributed by atoms with Gasteiger partial charge in [0.1, 0.15) is 11.6 Å². The largest absolute Gasteiger partial charge is 0.323 e. The Morgan fingerprint density at radius 3 is 2.71 bits per heavy atom. The molecule has 1 aromatic carbocycles. The molecular weight excluding hydrogens is 324 g/mol. The van der Waals surface area contributed by atoms with Crippen LogP contribution in [0.1, 0.15) is 21.8 Å². The van der Waals surface area contributed by atoms with Crippen LogP contribution < -0.4 is 15.8 Å². The molecule has 0 bridgehead atoms. The van der Waals surface area contributed by atoms with E-state index in [0.717, 1.165) is 30.2 Å². The Hall–Kier alpha value is -2.25. The Morgan fingerprint density at radius 1 is 1.21 bits per heavy atom. The van der Waals surface area contributed by atoms with Crippen molar-refractivity contribution in [3.05, 3.63) is 51.5 Å². The van der Waals surface area contributed by atoms with E-state index in [0.29, 0.717) is 6.54 Å².